The maximum atomic E-state index is 5.64. The Balaban J connectivity index is 2.22. The molecule has 1 aliphatic rings. The second kappa shape index (κ2) is 3.50. The zero-order valence-corrected chi connectivity index (χ0v) is 9.38. The summed E-state index contributed by atoms with van der Waals surface area (Å²) >= 11 is 3.69. The van der Waals surface area contributed by atoms with E-state index in [4.69, 9.17) is 5.73 Å². The van der Waals surface area contributed by atoms with Crippen LogP contribution in [-0.4, -0.2) is 16.5 Å². The van der Waals surface area contributed by atoms with Gasteiger partial charge in [-0.1, -0.05) is 6.92 Å². The van der Waals surface area contributed by atoms with Crippen molar-refractivity contribution in [2.75, 3.05) is 17.2 Å². The quantitative estimate of drug-likeness (QED) is 0.780. The van der Waals surface area contributed by atoms with Gasteiger partial charge in [-0.25, -0.2) is 4.98 Å². The molecule has 2 rings (SSSR count). The molecule has 1 atom stereocenters. The van der Waals surface area contributed by atoms with Gasteiger partial charge in [0.15, 0.2) is 5.13 Å². The molecule has 72 valence electrons. The Bertz CT molecular complexity index is 290. The first kappa shape index (κ1) is 9.34. The van der Waals surface area contributed by atoms with Gasteiger partial charge >= 0.3 is 0 Å². The zero-order valence-electron chi connectivity index (χ0n) is 7.75. The highest BCUT2D eigenvalue weighted by Crippen LogP contribution is 2.40. The van der Waals surface area contributed by atoms with Gasteiger partial charge in [-0.05, 0) is 18.6 Å². The molecule has 0 amide bonds. The number of hydrogen-bond acceptors (Lipinski definition) is 4. The van der Waals surface area contributed by atoms with Crippen molar-refractivity contribution in [2.24, 2.45) is 0 Å². The van der Waals surface area contributed by atoms with Crippen molar-refractivity contribution in [3.63, 3.8) is 0 Å². The highest BCUT2D eigenvalue weighted by atomic mass is 32.2. The van der Waals surface area contributed by atoms with Crippen LogP contribution in [0.5, 0.6) is 0 Å². The molecule has 1 aromatic rings. The standard InChI is InChI=1S/C9H14N2S2/c1-9(3-2-4-12-6-9)7-5-11-8(10)13-7/h5H,2-4,6H2,1H3,(H2,10,11). The van der Waals surface area contributed by atoms with Gasteiger partial charge in [0.05, 0.1) is 0 Å². The van der Waals surface area contributed by atoms with Crippen molar-refractivity contribution >= 4 is 28.2 Å². The lowest BCUT2D eigenvalue weighted by Crippen LogP contribution is -2.27. The fourth-order valence-corrected chi connectivity index (χ4v) is 3.89. The van der Waals surface area contributed by atoms with Crippen molar-refractivity contribution in [2.45, 2.75) is 25.2 Å². The van der Waals surface area contributed by atoms with E-state index in [-0.39, 0.29) is 0 Å². The Kier molecular flexibility index (Phi) is 2.51. The predicted molar refractivity (Wildman–Crippen MR) is 60.4 cm³/mol. The number of thiazole rings is 1. The Labute approximate surface area is 86.9 Å². The van der Waals surface area contributed by atoms with Crippen molar-refractivity contribution in [1.82, 2.24) is 4.98 Å². The van der Waals surface area contributed by atoms with Gasteiger partial charge in [-0.2, -0.15) is 11.8 Å². The third kappa shape index (κ3) is 1.83. The van der Waals surface area contributed by atoms with Crippen LogP contribution in [0.2, 0.25) is 0 Å². The largest absolute Gasteiger partial charge is 0.375 e. The van der Waals surface area contributed by atoms with Crippen LogP contribution in [0.15, 0.2) is 6.20 Å². The Hall–Kier alpha value is -0.220. The smallest absolute Gasteiger partial charge is 0.180 e. The minimum atomic E-state index is 0.332. The SMILES string of the molecule is CC1(c2cnc(N)s2)CCCSC1. The molecule has 0 radical (unpaired) electrons. The summed E-state index contributed by atoms with van der Waals surface area (Å²) in [7, 11) is 0. The number of rotatable bonds is 1. The van der Waals surface area contributed by atoms with Crippen LogP contribution >= 0.6 is 23.1 Å². The Morgan fingerprint density at radius 3 is 3.00 bits per heavy atom. The molecule has 0 aliphatic carbocycles. The van der Waals surface area contributed by atoms with Gasteiger partial charge in [-0.15, -0.1) is 11.3 Å². The third-order valence-corrected chi connectivity index (χ3v) is 5.11. The maximum absolute atomic E-state index is 5.64. The zero-order chi connectivity index (χ0) is 9.31. The van der Waals surface area contributed by atoms with E-state index in [1.165, 1.54) is 29.2 Å². The normalized spacial score (nSPS) is 29.0. The number of nitrogens with zero attached hydrogens (tertiary/aromatic N) is 1. The lowest BCUT2D eigenvalue weighted by molar-refractivity contribution is 0.481. The molecule has 1 aliphatic heterocycles. The number of nitrogens with two attached hydrogens (primary N) is 1. The molecule has 1 saturated heterocycles. The fraction of sp³-hybridized carbons (Fsp3) is 0.667. The molecule has 13 heavy (non-hydrogen) atoms. The van der Waals surface area contributed by atoms with Gasteiger partial charge in [0, 0.05) is 22.2 Å². The number of thioether (sulfide) groups is 1. The second-order valence-electron chi connectivity index (χ2n) is 3.78. The molecule has 1 fully saturated rings. The molecule has 2 N–H and O–H groups in total. The van der Waals surface area contributed by atoms with Gasteiger partial charge in [0.25, 0.3) is 0 Å². The minimum absolute atomic E-state index is 0.332. The average molecular weight is 214 g/mol. The number of aromatic nitrogens is 1. The van der Waals surface area contributed by atoms with Gasteiger partial charge in [0.1, 0.15) is 0 Å². The molecule has 2 heterocycles. The fourth-order valence-electron chi connectivity index (χ4n) is 1.69. The molecule has 0 bridgehead atoms. The summed E-state index contributed by atoms with van der Waals surface area (Å²) in [6, 6.07) is 0. The summed E-state index contributed by atoms with van der Waals surface area (Å²) in [6.45, 7) is 2.33. The Morgan fingerprint density at radius 2 is 2.46 bits per heavy atom. The lowest BCUT2D eigenvalue weighted by Gasteiger charge is -2.31. The molecule has 0 aromatic carbocycles. The van der Waals surface area contributed by atoms with Crippen molar-refractivity contribution < 1.29 is 0 Å². The van der Waals surface area contributed by atoms with Crippen LogP contribution in [0.1, 0.15) is 24.6 Å². The van der Waals surface area contributed by atoms with E-state index in [1.807, 2.05) is 18.0 Å². The van der Waals surface area contributed by atoms with E-state index in [9.17, 15) is 0 Å². The Morgan fingerprint density at radius 1 is 1.62 bits per heavy atom. The van der Waals surface area contributed by atoms with E-state index in [0.717, 1.165) is 0 Å². The van der Waals surface area contributed by atoms with Gasteiger partial charge in [-0.3, -0.25) is 0 Å². The van der Waals surface area contributed by atoms with Crippen LogP contribution in [0.3, 0.4) is 0 Å². The van der Waals surface area contributed by atoms with E-state index in [1.54, 1.807) is 11.3 Å². The summed E-state index contributed by atoms with van der Waals surface area (Å²) in [6.07, 6.45) is 4.55. The number of hydrogen-bond donors (Lipinski definition) is 1. The number of anilines is 1. The van der Waals surface area contributed by atoms with Crippen LogP contribution in [0, 0.1) is 0 Å². The molecular weight excluding hydrogens is 200 g/mol. The van der Waals surface area contributed by atoms with Crippen molar-refractivity contribution in [3.8, 4) is 0 Å². The summed E-state index contributed by atoms with van der Waals surface area (Å²) in [5.41, 5.74) is 5.98. The van der Waals surface area contributed by atoms with Crippen molar-refractivity contribution in [3.05, 3.63) is 11.1 Å². The third-order valence-electron chi connectivity index (χ3n) is 2.56. The predicted octanol–water partition coefficient (Wildman–Crippen LogP) is 2.51. The molecule has 4 heteroatoms. The monoisotopic (exact) mass is 214 g/mol. The molecule has 0 saturated carbocycles. The average Bonchev–Trinajstić information content (AvgIpc) is 2.54. The van der Waals surface area contributed by atoms with Gasteiger partial charge < -0.3 is 5.73 Å². The lowest BCUT2D eigenvalue weighted by atomic mass is 9.86. The summed E-state index contributed by atoms with van der Waals surface area (Å²) in [5.74, 6) is 2.53. The number of nitrogen functional groups attached to an aromatic ring is 1. The van der Waals surface area contributed by atoms with Crippen LogP contribution < -0.4 is 5.73 Å². The highest BCUT2D eigenvalue weighted by Gasteiger charge is 2.30. The van der Waals surface area contributed by atoms with E-state index in [0.29, 0.717) is 10.5 Å². The summed E-state index contributed by atoms with van der Waals surface area (Å²) < 4.78 is 0. The van der Waals surface area contributed by atoms with Crippen LogP contribution in [-0.2, 0) is 5.41 Å². The molecule has 2 nitrogen and oxygen atoms in total. The topological polar surface area (TPSA) is 38.9 Å². The van der Waals surface area contributed by atoms with Gasteiger partial charge in [0.2, 0.25) is 0 Å². The molecule has 1 unspecified atom stereocenters. The summed E-state index contributed by atoms with van der Waals surface area (Å²) in [5, 5.41) is 0.701. The first-order chi connectivity index (χ1) is 6.21. The highest BCUT2D eigenvalue weighted by molar-refractivity contribution is 7.99. The van der Waals surface area contributed by atoms with E-state index in [2.05, 4.69) is 11.9 Å². The van der Waals surface area contributed by atoms with E-state index < -0.39 is 0 Å². The maximum Gasteiger partial charge on any atom is 0.180 e. The second-order valence-corrected chi connectivity index (χ2v) is 5.95. The van der Waals surface area contributed by atoms with Crippen LogP contribution in [0.25, 0.3) is 0 Å². The first-order valence-electron chi connectivity index (χ1n) is 4.50. The molecule has 0 spiro atoms. The van der Waals surface area contributed by atoms with E-state index >= 15 is 0 Å². The molecular formula is C9H14N2S2. The van der Waals surface area contributed by atoms with Crippen LogP contribution in [0.4, 0.5) is 5.13 Å². The summed E-state index contributed by atoms with van der Waals surface area (Å²) in [4.78, 5) is 5.48. The molecule has 1 aromatic heterocycles. The minimum Gasteiger partial charge on any atom is -0.375 e. The first-order valence-corrected chi connectivity index (χ1v) is 6.47. The van der Waals surface area contributed by atoms with Crippen molar-refractivity contribution in [1.29, 1.82) is 0 Å².